The Labute approximate surface area is 179 Å². The predicted molar refractivity (Wildman–Crippen MR) is 123 cm³/mol. The Hall–Kier alpha value is -1.67. The summed E-state index contributed by atoms with van der Waals surface area (Å²) in [7, 11) is 0. The Balaban J connectivity index is 1.45. The molecule has 152 valence electrons. The fourth-order valence-electron chi connectivity index (χ4n) is 4.34. The highest BCUT2D eigenvalue weighted by atomic mass is 32.2. The Kier molecular flexibility index (Phi) is 5.47. The van der Waals surface area contributed by atoms with Crippen LogP contribution >= 0.6 is 23.1 Å². The van der Waals surface area contributed by atoms with E-state index in [1.807, 2.05) is 0 Å². The molecule has 1 N–H and O–H groups in total. The quantitative estimate of drug-likeness (QED) is 0.657. The molecule has 0 radical (unpaired) electrons. The number of aryl methyl sites for hydroxylation is 1. The molecule has 5 nitrogen and oxygen atoms in total. The number of morpholine rings is 1. The van der Waals surface area contributed by atoms with Crippen molar-refractivity contribution in [2.24, 2.45) is 0 Å². The van der Waals surface area contributed by atoms with Crippen LogP contribution in [0.15, 0.2) is 36.0 Å². The number of fused-ring (bicyclic) bond motifs is 1. The van der Waals surface area contributed by atoms with Crippen molar-refractivity contribution >= 4 is 39.1 Å². The minimum absolute atomic E-state index is 0.186. The number of thioether (sulfide) groups is 1. The molecule has 1 aromatic carbocycles. The normalized spacial score (nSPS) is 22.9. The summed E-state index contributed by atoms with van der Waals surface area (Å²) in [5, 5.41) is 7.08. The smallest absolute Gasteiger partial charge is 0.138 e. The minimum Gasteiger partial charge on any atom is -0.379 e. The highest BCUT2D eigenvalue weighted by molar-refractivity contribution is 7.99. The van der Waals surface area contributed by atoms with E-state index in [9.17, 15) is 0 Å². The molecular formula is C22H26N4OS2. The highest BCUT2D eigenvalue weighted by Gasteiger charge is 2.40. The van der Waals surface area contributed by atoms with Crippen LogP contribution in [-0.4, -0.2) is 64.8 Å². The van der Waals surface area contributed by atoms with Gasteiger partial charge in [0.1, 0.15) is 17.0 Å². The first-order chi connectivity index (χ1) is 14.3. The van der Waals surface area contributed by atoms with E-state index in [2.05, 4.69) is 68.5 Å². The first-order valence-electron chi connectivity index (χ1n) is 10.2. The Morgan fingerprint density at radius 1 is 1.17 bits per heavy atom. The summed E-state index contributed by atoms with van der Waals surface area (Å²) in [6, 6.07) is 8.71. The molecule has 2 fully saturated rings. The average molecular weight is 427 g/mol. The van der Waals surface area contributed by atoms with Gasteiger partial charge in [-0.2, -0.15) is 11.8 Å². The molecule has 1 unspecified atom stereocenters. The molecule has 2 aromatic heterocycles. The number of nitrogens with zero attached hydrogens (tertiary/aromatic N) is 3. The van der Waals surface area contributed by atoms with E-state index in [1.54, 1.807) is 17.7 Å². The van der Waals surface area contributed by atoms with Gasteiger partial charge in [0, 0.05) is 41.9 Å². The number of hydrogen-bond donors (Lipinski definition) is 1. The maximum Gasteiger partial charge on any atom is 0.138 e. The summed E-state index contributed by atoms with van der Waals surface area (Å²) in [5.74, 6) is 3.35. The van der Waals surface area contributed by atoms with E-state index < -0.39 is 0 Å². The van der Waals surface area contributed by atoms with Gasteiger partial charge in [-0.25, -0.2) is 9.97 Å². The van der Waals surface area contributed by atoms with Crippen LogP contribution in [-0.2, 0) is 4.74 Å². The van der Waals surface area contributed by atoms with Crippen molar-refractivity contribution < 1.29 is 4.74 Å². The summed E-state index contributed by atoms with van der Waals surface area (Å²) < 4.78 is 5.60. The maximum atomic E-state index is 5.60. The Morgan fingerprint density at radius 2 is 2.00 bits per heavy atom. The van der Waals surface area contributed by atoms with Crippen molar-refractivity contribution in [3.8, 4) is 11.1 Å². The fraction of sp³-hybridized carbons (Fsp3) is 0.455. The van der Waals surface area contributed by atoms with Gasteiger partial charge in [-0.3, -0.25) is 4.90 Å². The molecule has 0 saturated carbocycles. The second-order valence-electron chi connectivity index (χ2n) is 7.90. The molecule has 0 amide bonds. The molecular weight excluding hydrogens is 400 g/mol. The first-order valence-corrected chi connectivity index (χ1v) is 12.2. The molecule has 7 heteroatoms. The van der Waals surface area contributed by atoms with Crippen LogP contribution in [0.5, 0.6) is 0 Å². The maximum absolute atomic E-state index is 5.60. The molecule has 0 spiro atoms. The van der Waals surface area contributed by atoms with Crippen molar-refractivity contribution in [2.75, 3.05) is 49.7 Å². The highest BCUT2D eigenvalue weighted by Crippen LogP contribution is 2.38. The van der Waals surface area contributed by atoms with Crippen LogP contribution in [0, 0.1) is 6.92 Å². The van der Waals surface area contributed by atoms with E-state index in [4.69, 9.17) is 4.74 Å². The van der Waals surface area contributed by atoms with Crippen LogP contribution in [0.2, 0.25) is 0 Å². The topological polar surface area (TPSA) is 50.3 Å². The van der Waals surface area contributed by atoms with Crippen molar-refractivity contribution in [3.63, 3.8) is 0 Å². The average Bonchev–Trinajstić information content (AvgIpc) is 3.42. The van der Waals surface area contributed by atoms with Gasteiger partial charge in [0.25, 0.3) is 0 Å². The second-order valence-corrected chi connectivity index (χ2v) is 9.86. The zero-order chi connectivity index (χ0) is 19.7. The van der Waals surface area contributed by atoms with E-state index >= 15 is 0 Å². The third-order valence-corrected chi connectivity index (χ3v) is 8.20. The number of ether oxygens (including phenoxy) is 1. The molecule has 2 aliphatic rings. The monoisotopic (exact) mass is 426 g/mol. The molecule has 0 bridgehead atoms. The molecule has 5 rings (SSSR count). The molecule has 2 aliphatic heterocycles. The number of nitrogens with one attached hydrogen (secondary N) is 1. The number of benzene rings is 1. The Bertz CT molecular complexity index is 976. The number of anilines is 1. The van der Waals surface area contributed by atoms with Gasteiger partial charge in [-0.15, -0.1) is 11.3 Å². The van der Waals surface area contributed by atoms with E-state index in [-0.39, 0.29) is 5.54 Å². The van der Waals surface area contributed by atoms with Gasteiger partial charge in [-0.05, 0) is 24.7 Å². The molecule has 0 aliphatic carbocycles. The number of thiophene rings is 1. The van der Waals surface area contributed by atoms with E-state index in [0.717, 1.165) is 48.9 Å². The van der Waals surface area contributed by atoms with Gasteiger partial charge in [0.2, 0.25) is 0 Å². The third kappa shape index (κ3) is 3.77. The van der Waals surface area contributed by atoms with Gasteiger partial charge < -0.3 is 10.1 Å². The fourth-order valence-corrected chi connectivity index (χ4v) is 6.73. The lowest BCUT2D eigenvalue weighted by molar-refractivity contribution is -0.00921. The van der Waals surface area contributed by atoms with Crippen molar-refractivity contribution in [2.45, 2.75) is 18.9 Å². The number of aromatic nitrogens is 2. The van der Waals surface area contributed by atoms with Gasteiger partial charge >= 0.3 is 0 Å². The van der Waals surface area contributed by atoms with Gasteiger partial charge in [-0.1, -0.05) is 29.8 Å². The van der Waals surface area contributed by atoms with Crippen LogP contribution < -0.4 is 5.32 Å². The lowest BCUT2D eigenvalue weighted by atomic mass is 9.95. The lowest BCUT2D eigenvalue weighted by Crippen LogP contribution is -2.57. The standard InChI is InChI=1S/C22H26N4OS2/c1-16-2-4-17(5-3-16)18-12-29-21-19(18)20(24-15-25-21)23-13-22(6-11-28-14-22)26-7-9-27-10-8-26/h2-5,12,15H,6-11,13-14H2,1H3,(H,23,24,25). The van der Waals surface area contributed by atoms with Gasteiger partial charge in [0.05, 0.1) is 18.6 Å². The summed E-state index contributed by atoms with van der Waals surface area (Å²) in [4.78, 5) is 12.9. The summed E-state index contributed by atoms with van der Waals surface area (Å²) in [6.07, 6.45) is 2.90. The van der Waals surface area contributed by atoms with Crippen LogP contribution in [0.25, 0.3) is 21.3 Å². The van der Waals surface area contributed by atoms with Crippen molar-refractivity contribution in [1.82, 2.24) is 14.9 Å². The third-order valence-electron chi connectivity index (χ3n) is 6.08. The van der Waals surface area contributed by atoms with Crippen molar-refractivity contribution in [1.29, 1.82) is 0 Å². The van der Waals surface area contributed by atoms with Crippen LogP contribution in [0.1, 0.15) is 12.0 Å². The molecule has 29 heavy (non-hydrogen) atoms. The van der Waals surface area contributed by atoms with Crippen molar-refractivity contribution in [3.05, 3.63) is 41.5 Å². The van der Waals surface area contributed by atoms with Crippen LogP contribution in [0.4, 0.5) is 5.82 Å². The molecule has 4 heterocycles. The zero-order valence-electron chi connectivity index (χ0n) is 16.7. The summed E-state index contributed by atoms with van der Waals surface area (Å²) in [6.45, 7) is 6.76. The zero-order valence-corrected chi connectivity index (χ0v) is 18.3. The van der Waals surface area contributed by atoms with E-state index in [0.29, 0.717) is 0 Å². The van der Waals surface area contributed by atoms with E-state index in [1.165, 1.54) is 34.6 Å². The SMILES string of the molecule is Cc1ccc(-c2csc3ncnc(NCC4(N5CCOCC5)CCSC4)c23)cc1. The lowest BCUT2D eigenvalue weighted by Gasteiger charge is -2.43. The predicted octanol–water partition coefficient (Wildman–Crippen LogP) is 4.29. The molecule has 2 saturated heterocycles. The molecule has 1 atom stereocenters. The second kappa shape index (κ2) is 8.22. The number of hydrogen-bond acceptors (Lipinski definition) is 7. The number of rotatable bonds is 5. The first kappa shape index (κ1) is 19.3. The summed E-state index contributed by atoms with van der Waals surface area (Å²) >= 11 is 3.75. The van der Waals surface area contributed by atoms with Gasteiger partial charge in [0.15, 0.2) is 0 Å². The Morgan fingerprint density at radius 3 is 2.76 bits per heavy atom. The van der Waals surface area contributed by atoms with Crippen LogP contribution in [0.3, 0.4) is 0 Å². The summed E-state index contributed by atoms with van der Waals surface area (Å²) in [5.41, 5.74) is 3.90. The molecule has 3 aromatic rings. The largest absolute Gasteiger partial charge is 0.379 e. The minimum atomic E-state index is 0.186.